The van der Waals surface area contributed by atoms with Gasteiger partial charge in [-0.05, 0) is 127 Å². The lowest BCUT2D eigenvalue weighted by atomic mass is 9.70. The predicted molar refractivity (Wildman–Crippen MR) is 293 cm³/mol. The van der Waals surface area contributed by atoms with Crippen LogP contribution in [-0.4, -0.2) is 0 Å². The van der Waals surface area contributed by atoms with Crippen LogP contribution < -0.4 is 14.4 Å². The summed E-state index contributed by atoms with van der Waals surface area (Å²) in [4.78, 5) is 2.39. The summed E-state index contributed by atoms with van der Waals surface area (Å²) in [6.45, 7) is 0. The molecule has 0 bridgehead atoms. The van der Waals surface area contributed by atoms with Gasteiger partial charge in [0.15, 0.2) is 23.0 Å². The first-order valence-corrected chi connectivity index (χ1v) is 25.0. The molecule has 0 atom stereocenters. The molecule has 0 fully saturated rings. The van der Waals surface area contributed by atoms with Gasteiger partial charge in [-0.3, -0.25) is 0 Å². The number of rotatable bonds is 6. The zero-order chi connectivity index (χ0) is 46.6. The van der Waals surface area contributed by atoms with Gasteiger partial charge in [-0.1, -0.05) is 188 Å². The van der Waals surface area contributed by atoms with E-state index >= 15 is 0 Å². The maximum absolute atomic E-state index is 7.22. The second-order valence-electron chi connectivity index (χ2n) is 18.7. The first-order chi connectivity index (χ1) is 35.2. The van der Waals surface area contributed by atoms with Gasteiger partial charge in [0.1, 0.15) is 0 Å². The average Bonchev–Trinajstić information content (AvgIpc) is 4.08. The molecule has 332 valence electrons. The van der Waals surface area contributed by atoms with E-state index in [1.807, 2.05) is 11.3 Å². The SMILES string of the molecule is c1ccc(-c2cccc(N(c3ccc(-c4cccc5sc6ccccc6c45)cc3)c3ccccc3-c3ccc4c(c3)Oc3c(ccc5c3-c3ccccc3C53c5ccccc5-c5ccccc53)O4)c2)cc1. The van der Waals surface area contributed by atoms with Crippen molar-refractivity contribution < 1.29 is 9.47 Å². The molecule has 3 aliphatic rings. The molecule has 0 N–H and O–H groups in total. The van der Waals surface area contributed by atoms with E-state index in [0.717, 1.165) is 45.1 Å². The number of para-hydroxylation sites is 1. The van der Waals surface area contributed by atoms with E-state index in [-0.39, 0.29) is 0 Å². The lowest BCUT2D eigenvalue weighted by Gasteiger charge is -2.31. The van der Waals surface area contributed by atoms with Crippen molar-refractivity contribution in [3.05, 3.63) is 271 Å². The van der Waals surface area contributed by atoms with E-state index in [4.69, 9.17) is 9.47 Å². The Hall–Kier alpha value is -8.96. The zero-order valence-electron chi connectivity index (χ0n) is 38.3. The van der Waals surface area contributed by atoms with Crippen molar-refractivity contribution in [2.45, 2.75) is 5.41 Å². The summed E-state index contributed by atoms with van der Waals surface area (Å²) in [5.41, 5.74) is 19.4. The van der Waals surface area contributed by atoms with E-state index < -0.39 is 5.41 Å². The molecule has 0 amide bonds. The fraction of sp³-hybridized carbons (Fsp3) is 0.0149. The Morgan fingerprint density at radius 1 is 0.338 bits per heavy atom. The van der Waals surface area contributed by atoms with Gasteiger partial charge in [-0.15, -0.1) is 11.3 Å². The van der Waals surface area contributed by atoms with Crippen LogP contribution >= 0.6 is 11.3 Å². The van der Waals surface area contributed by atoms with E-state index in [0.29, 0.717) is 17.2 Å². The van der Waals surface area contributed by atoms with Crippen LogP contribution in [0, 0.1) is 0 Å². The summed E-state index contributed by atoms with van der Waals surface area (Å²) in [6, 6.07) is 90.1. The minimum atomic E-state index is -0.482. The molecule has 0 radical (unpaired) electrons. The molecule has 2 aliphatic carbocycles. The monoisotopic (exact) mass is 923 g/mol. The van der Waals surface area contributed by atoms with Gasteiger partial charge in [0, 0.05) is 42.7 Å². The number of hydrogen-bond donors (Lipinski definition) is 0. The number of thiophene rings is 1. The summed E-state index contributed by atoms with van der Waals surface area (Å²) >= 11 is 1.85. The quantitative estimate of drug-likeness (QED) is 0.166. The van der Waals surface area contributed by atoms with Crippen molar-refractivity contribution in [3.8, 4) is 78.6 Å². The molecule has 4 heteroatoms. The normalized spacial score (nSPS) is 13.1. The van der Waals surface area contributed by atoms with E-state index in [2.05, 4.69) is 254 Å². The minimum Gasteiger partial charge on any atom is -0.449 e. The van der Waals surface area contributed by atoms with Crippen molar-refractivity contribution in [2.24, 2.45) is 0 Å². The molecule has 0 saturated heterocycles. The largest absolute Gasteiger partial charge is 0.449 e. The highest BCUT2D eigenvalue weighted by atomic mass is 32.1. The molecule has 3 nitrogen and oxygen atoms in total. The summed E-state index contributed by atoms with van der Waals surface area (Å²) in [6.07, 6.45) is 0. The van der Waals surface area contributed by atoms with Crippen molar-refractivity contribution in [2.75, 3.05) is 4.90 Å². The standard InChI is InChI=1S/C67H41NO2S/c1-2-16-42(17-3-1)44-18-14-19-47(40-44)68(46-35-32-43(33-36-46)49-25-15-31-63-64(49)53-24-8-13-30-62(53)71-63)58-29-12-7-20-48(58)45-34-38-59-61(41-45)70-66-60(69-59)39-37-57-65(66)52-23-6-11-28-56(52)67(57)54-26-9-4-21-50(54)51-22-5-10-27-55(51)67/h1-41H. The van der Waals surface area contributed by atoms with Crippen LogP contribution in [0.15, 0.2) is 249 Å². The topological polar surface area (TPSA) is 21.7 Å². The molecule has 2 heterocycles. The Kier molecular flexibility index (Phi) is 8.74. The molecule has 71 heavy (non-hydrogen) atoms. The second kappa shape index (κ2) is 15.5. The molecule has 11 aromatic carbocycles. The number of nitrogens with zero attached hydrogens (tertiary/aromatic N) is 1. The number of fused-ring (bicyclic) bond motifs is 16. The molecule has 1 spiro atoms. The van der Waals surface area contributed by atoms with Crippen molar-refractivity contribution in [3.63, 3.8) is 0 Å². The molecular formula is C67H41NO2S. The third-order valence-corrected chi connectivity index (χ3v) is 16.1. The third-order valence-electron chi connectivity index (χ3n) is 15.0. The van der Waals surface area contributed by atoms with Crippen LogP contribution in [0.5, 0.6) is 23.0 Å². The smallest absolute Gasteiger partial charge is 0.178 e. The van der Waals surface area contributed by atoms with Gasteiger partial charge < -0.3 is 14.4 Å². The van der Waals surface area contributed by atoms with Gasteiger partial charge in [-0.2, -0.15) is 0 Å². The highest BCUT2D eigenvalue weighted by Gasteiger charge is 2.53. The molecular weight excluding hydrogens is 883 g/mol. The highest BCUT2D eigenvalue weighted by molar-refractivity contribution is 7.25. The number of benzene rings is 11. The Bertz CT molecular complexity index is 4090. The summed E-state index contributed by atoms with van der Waals surface area (Å²) < 4.78 is 16.7. The van der Waals surface area contributed by atoms with Crippen LogP contribution in [0.25, 0.3) is 75.8 Å². The maximum Gasteiger partial charge on any atom is 0.178 e. The van der Waals surface area contributed by atoms with Gasteiger partial charge in [0.25, 0.3) is 0 Å². The second-order valence-corrected chi connectivity index (χ2v) is 19.7. The Morgan fingerprint density at radius 2 is 0.944 bits per heavy atom. The van der Waals surface area contributed by atoms with Crippen LogP contribution in [-0.2, 0) is 5.41 Å². The third kappa shape index (κ3) is 5.89. The minimum absolute atomic E-state index is 0.482. The first-order valence-electron chi connectivity index (χ1n) is 24.2. The predicted octanol–water partition coefficient (Wildman–Crippen LogP) is 18.8. The molecule has 1 aliphatic heterocycles. The van der Waals surface area contributed by atoms with E-state index in [1.54, 1.807) is 0 Å². The van der Waals surface area contributed by atoms with Crippen molar-refractivity contribution in [1.82, 2.24) is 0 Å². The van der Waals surface area contributed by atoms with Gasteiger partial charge >= 0.3 is 0 Å². The number of anilines is 3. The average molecular weight is 924 g/mol. The summed E-state index contributed by atoms with van der Waals surface area (Å²) in [7, 11) is 0. The lowest BCUT2D eigenvalue weighted by molar-refractivity contribution is 0.360. The lowest BCUT2D eigenvalue weighted by Crippen LogP contribution is -2.25. The number of ether oxygens (including phenoxy) is 2. The molecule has 0 saturated carbocycles. The van der Waals surface area contributed by atoms with E-state index in [1.165, 1.54) is 75.8 Å². The highest BCUT2D eigenvalue weighted by Crippen LogP contribution is 2.66. The zero-order valence-corrected chi connectivity index (χ0v) is 39.2. The molecule has 12 aromatic rings. The van der Waals surface area contributed by atoms with Gasteiger partial charge in [-0.25, -0.2) is 0 Å². The molecule has 15 rings (SSSR count). The van der Waals surface area contributed by atoms with Crippen molar-refractivity contribution >= 4 is 48.6 Å². The van der Waals surface area contributed by atoms with E-state index in [9.17, 15) is 0 Å². The Balaban J connectivity index is 0.860. The summed E-state index contributed by atoms with van der Waals surface area (Å²) in [5, 5.41) is 2.61. The van der Waals surface area contributed by atoms with Crippen LogP contribution in [0.1, 0.15) is 22.3 Å². The summed E-state index contributed by atoms with van der Waals surface area (Å²) in [5.74, 6) is 2.83. The fourth-order valence-corrected chi connectivity index (χ4v) is 13.1. The maximum atomic E-state index is 7.22. The molecule has 1 aromatic heterocycles. The van der Waals surface area contributed by atoms with Crippen LogP contribution in [0.2, 0.25) is 0 Å². The Morgan fingerprint density at radius 3 is 1.75 bits per heavy atom. The van der Waals surface area contributed by atoms with Gasteiger partial charge in [0.2, 0.25) is 0 Å². The van der Waals surface area contributed by atoms with Gasteiger partial charge in [0.05, 0.1) is 11.1 Å². The number of hydrogen-bond acceptors (Lipinski definition) is 4. The first kappa shape index (κ1) is 40.0. The fourth-order valence-electron chi connectivity index (χ4n) is 12.0. The Labute approximate surface area is 415 Å². The molecule has 0 unspecified atom stereocenters. The van der Waals surface area contributed by atoms with Crippen LogP contribution in [0.4, 0.5) is 17.1 Å². The van der Waals surface area contributed by atoms with Crippen LogP contribution in [0.3, 0.4) is 0 Å². The van der Waals surface area contributed by atoms with Crippen molar-refractivity contribution in [1.29, 1.82) is 0 Å².